The average Bonchev–Trinajstić information content (AvgIpc) is 2.55. The van der Waals surface area contributed by atoms with E-state index in [1.165, 1.54) is 5.56 Å². The van der Waals surface area contributed by atoms with Gasteiger partial charge in [-0.05, 0) is 18.9 Å². The van der Waals surface area contributed by atoms with Crippen molar-refractivity contribution in [1.82, 2.24) is 15.1 Å². The topological polar surface area (TPSA) is 61.9 Å². The van der Waals surface area contributed by atoms with Crippen molar-refractivity contribution < 1.29 is 14.3 Å². The number of hydrogen-bond donors (Lipinski definition) is 1. The Morgan fingerprint density at radius 3 is 2.65 bits per heavy atom. The van der Waals surface area contributed by atoms with Gasteiger partial charge < -0.3 is 19.9 Å². The molecule has 1 heterocycles. The maximum absolute atomic E-state index is 12.2. The molecule has 1 saturated heterocycles. The second kappa shape index (κ2) is 8.53. The zero-order valence-electron chi connectivity index (χ0n) is 13.9. The fourth-order valence-electron chi connectivity index (χ4n) is 2.49. The minimum absolute atomic E-state index is 0.0103. The molecule has 0 bridgehead atoms. The summed E-state index contributed by atoms with van der Waals surface area (Å²) in [5.74, 6) is -0.0103. The van der Waals surface area contributed by atoms with Crippen LogP contribution in [-0.2, 0) is 16.1 Å². The van der Waals surface area contributed by atoms with Gasteiger partial charge in [0.15, 0.2) is 0 Å². The van der Waals surface area contributed by atoms with Crippen LogP contribution in [0.3, 0.4) is 0 Å². The van der Waals surface area contributed by atoms with Gasteiger partial charge in [-0.25, -0.2) is 4.79 Å². The van der Waals surface area contributed by atoms with E-state index in [4.69, 9.17) is 4.74 Å². The normalized spacial score (nSPS) is 15.0. The van der Waals surface area contributed by atoms with E-state index < -0.39 is 0 Å². The Kier molecular flexibility index (Phi) is 6.40. The molecule has 0 aliphatic carbocycles. The van der Waals surface area contributed by atoms with Gasteiger partial charge in [-0.3, -0.25) is 4.79 Å². The van der Waals surface area contributed by atoms with Gasteiger partial charge in [0.25, 0.3) is 0 Å². The zero-order valence-corrected chi connectivity index (χ0v) is 13.9. The monoisotopic (exact) mass is 319 g/mol. The molecular formula is C17H25N3O3. The van der Waals surface area contributed by atoms with Crippen LogP contribution in [-0.4, -0.2) is 61.6 Å². The number of methoxy groups -OCH3 is 1. The number of hydrogen-bond acceptors (Lipinski definition) is 3. The molecule has 1 fully saturated rings. The smallest absolute Gasteiger partial charge is 0.317 e. The lowest BCUT2D eigenvalue weighted by Gasteiger charge is -2.34. The molecule has 1 N–H and O–H groups in total. The predicted molar refractivity (Wildman–Crippen MR) is 88.1 cm³/mol. The summed E-state index contributed by atoms with van der Waals surface area (Å²) in [6, 6.07) is 7.99. The molecule has 0 saturated carbocycles. The minimum atomic E-state index is -0.176. The number of urea groups is 1. The summed E-state index contributed by atoms with van der Waals surface area (Å²) in [7, 11) is 1.63. The predicted octanol–water partition coefficient (Wildman–Crippen LogP) is 1.39. The van der Waals surface area contributed by atoms with E-state index in [0.717, 1.165) is 12.0 Å². The second-order valence-electron chi connectivity index (χ2n) is 5.80. The summed E-state index contributed by atoms with van der Waals surface area (Å²) in [4.78, 5) is 27.6. The van der Waals surface area contributed by atoms with E-state index in [1.807, 2.05) is 31.2 Å². The summed E-state index contributed by atoms with van der Waals surface area (Å²) >= 11 is 0. The molecule has 1 aromatic carbocycles. The van der Waals surface area contributed by atoms with Crippen molar-refractivity contribution in [1.29, 1.82) is 0 Å². The summed E-state index contributed by atoms with van der Waals surface area (Å²) in [6.07, 6.45) is 0.767. The lowest BCUT2D eigenvalue weighted by atomic mass is 10.1. The number of benzene rings is 1. The van der Waals surface area contributed by atoms with Crippen molar-refractivity contribution in [3.8, 4) is 0 Å². The molecule has 0 atom stereocenters. The molecule has 6 nitrogen and oxygen atoms in total. The molecule has 126 valence electrons. The fourth-order valence-corrected chi connectivity index (χ4v) is 2.49. The average molecular weight is 319 g/mol. The Morgan fingerprint density at radius 1 is 1.26 bits per heavy atom. The van der Waals surface area contributed by atoms with Crippen LogP contribution in [0.15, 0.2) is 24.3 Å². The highest BCUT2D eigenvalue weighted by Gasteiger charge is 2.26. The molecule has 0 radical (unpaired) electrons. The van der Waals surface area contributed by atoms with Crippen LogP contribution in [0, 0.1) is 6.92 Å². The van der Waals surface area contributed by atoms with Gasteiger partial charge in [-0.15, -0.1) is 0 Å². The molecule has 6 heteroatoms. The number of piperazine rings is 1. The number of amides is 3. The van der Waals surface area contributed by atoms with Crippen molar-refractivity contribution >= 4 is 11.9 Å². The van der Waals surface area contributed by atoms with E-state index in [-0.39, 0.29) is 18.5 Å². The van der Waals surface area contributed by atoms with E-state index in [9.17, 15) is 9.59 Å². The highest BCUT2D eigenvalue weighted by Crippen LogP contribution is 2.11. The summed E-state index contributed by atoms with van der Waals surface area (Å²) in [5.41, 5.74) is 2.32. The van der Waals surface area contributed by atoms with Gasteiger partial charge in [0.05, 0.1) is 0 Å². The number of carbonyl (C=O) groups is 2. The van der Waals surface area contributed by atoms with Crippen molar-refractivity contribution in [3.63, 3.8) is 0 Å². The minimum Gasteiger partial charge on any atom is -0.385 e. The Morgan fingerprint density at radius 2 is 2.00 bits per heavy atom. The van der Waals surface area contributed by atoms with Gasteiger partial charge in [0, 0.05) is 39.9 Å². The third-order valence-electron chi connectivity index (χ3n) is 3.90. The SMILES string of the molecule is COCCCNC(=O)N1CCN(Cc2ccc(C)cc2)C(=O)C1. The second-order valence-corrected chi connectivity index (χ2v) is 5.80. The van der Waals surface area contributed by atoms with Gasteiger partial charge in [-0.2, -0.15) is 0 Å². The highest BCUT2D eigenvalue weighted by atomic mass is 16.5. The Balaban J connectivity index is 1.79. The Labute approximate surface area is 137 Å². The molecule has 1 aromatic rings. The molecule has 1 aliphatic heterocycles. The number of rotatable bonds is 6. The fraction of sp³-hybridized carbons (Fsp3) is 0.529. The van der Waals surface area contributed by atoms with E-state index in [1.54, 1.807) is 16.9 Å². The zero-order chi connectivity index (χ0) is 16.7. The molecular weight excluding hydrogens is 294 g/mol. The Hall–Kier alpha value is -2.08. The first-order valence-electron chi connectivity index (χ1n) is 7.95. The molecule has 2 rings (SSSR count). The van der Waals surface area contributed by atoms with Crippen LogP contribution in [0.5, 0.6) is 0 Å². The van der Waals surface area contributed by atoms with Crippen LogP contribution in [0.2, 0.25) is 0 Å². The van der Waals surface area contributed by atoms with Crippen molar-refractivity contribution in [2.75, 3.05) is 39.9 Å². The molecule has 0 spiro atoms. The van der Waals surface area contributed by atoms with Gasteiger partial charge in [0.2, 0.25) is 5.91 Å². The van der Waals surface area contributed by atoms with Crippen LogP contribution < -0.4 is 5.32 Å². The van der Waals surface area contributed by atoms with Gasteiger partial charge in [0.1, 0.15) is 6.54 Å². The Bertz CT molecular complexity index is 530. The van der Waals surface area contributed by atoms with Crippen LogP contribution >= 0.6 is 0 Å². The molecule has 23 heavy (non-hydrogen) atoms. The largest absolute Gasteiger partial charge is 0.385 e. The lowest BCUT2D eigenvalue weighted by Crippen LogP contribution is -2.54. The number of aryl methyl sites for hydroxylation is 1. The van der Waals surface area contributed by atoms with Crippen LogP contribution in [0.1, 0.15) is 17.5 Å². The number of nitrogens with zero attached hydrogens (tertiary/aromatic N) is 2. The van der Waals surface area contributed by atoms with Crippen LogP contribution in [0.25, 0.3) is 0 Å². The van der Waals surface area contributed by atoms with E-state index in [0.29, 0.717) is 32.8 Å². The molecule has 1 aliphatic rings. The van der Waals surface area contributed by atoms with Gasteiger partial charge in [-0.1, -0.05) is 29.8 Å². The summed E-state index contributed by atoms with van der Waals surface area (Å²) in [6.45, 7) is 5.09. The molecule has 0 aromatic heterocycles. The third kappa shape index (κ3) is 5.25. The third-order valence-corrected chi connectivity index (χ3v) is 3.90. The van der Waals surface area contributed by atoms with Gasteiger partial charge >= 0.3 is 6.03 Å². The van der Waals surface area contributed by atoms with E-state index >= 15 is 0 Å². The number of carbonyl (C=O) groups excluding carboxylic acids is 2. The van der Waals surface area contributed by atoms with E-state index in [2.05, 4.69) is 5.32 Å². The number of ether oxygens (including phenoxy) is 1. The quantitative estimate of drug-likeness (QED) is 0.806. The first-order chi connectivity index (χ1) is 11.1. The van der Waals surface area contributed by atoms with Crippen molar-refractivity contribution in [3.05, 3.63) is 35.4 Å². The standard InChI is InChI=1S/C17H25N3O3/c1-14-4-6-15(7-5-14)12-19-9-10-20(13-16(19)21)17(22)18-8-3-11-23-2/h4-7H,3,8-13H2,1-2H3,(H,18,22). The number of nitrogens with one attached hydrogen (secondary N) is 1. The maximum Gasteiger partial charge on any atom is 0.317 e. The lowest BCUT2D eigenvalue weighted by molar-refractivity contribution is -0.135. The maximum atomic E-state index is 12.2. The summed E-state index contributed by atoms with van der Waals surface area (Å²) in [5, 5.41) is 2.81. The molecule has 3 amide bonds. The van der Waals surface area contributed by atoms with Crippen molar-refractivity contribution in [2.24, 2.45) is 0 Å². The molecule has 0 unspecified atom stereocenters. The first-order valence-corrected chi connectivity index (χ1v) is 7.95. The van der Waals surface area contributed by atoms with Crippen molar-refractivity contribution in [2.45, 2.75) is 19.9 Å². The summed E-state index contributed by atoms with van der Waals surface area (Å²) < 4.78 is 4.94. The highest BCUT2D eigenvalue weighted by molar-refractivity contribution is 5.85. The van der Waals surface area contributed by atoms with Crippen LogP contribution in [0.4, 0.5) is 4.79 Å². The first kappa shape index (κ1) is 17.3.